The van der Waals surface area contributed by atoms with Crippen molar-refractivity contribution in [2.75, 3.05) is 5.73 Å². The molecule has 0 bridgehead atoms. The molecule has 0 aliphatic carbocycles. The molecule has 2 N–H and O–H groups in total. The maximum absolute atomic E-state index is 13.7. The van der Waals surface area contributed by atoms with Crippen molar-refractivity contribution in [3.8, 4) is 0 Å². The molecule has 102 valence electrons. The zero-order valence-corrected chi connectivity index (χ0v) is 13.2. The van der Waals surface area contributed by atoms with Crippen LogP contribution in [-0.4, -0.2) is 9.55 Å². The largest absolute Gasteiger partial charge is 0.369 e. The lowest BCUT2D eigenvalue weighted by molar-refractivity contribution is 0.621. The number of nitrogens with zero attached hydrogens (tertiary/aromatic N) is 2. The van der Waals surface area contributed by atoms with E-state index >= 15 is 0 Å². The number of nitrogens with two attached hydrogens (primary N) is 1. The lowest BCUT2D eigenvalue weighted by Gasteiger charge is -2.08. The Hall–Kier alpha value is -1.34. The molecule has 3 aromatic rings. The minimum atomic E-state index is -0.279. The number of halogens is 3. The number of imidazole rings is 1. The van der Waals surface area contributed by atoms with E-state index in [0.29, 0.717) is 32.1 Å². The van der Waals surface area contributed by atoms with Gasteiger partial charge < -0.3 is 10.3 Å². The molecule has 3 nitrogen and oxygen atoms in total. The zero-order valence-electron chi connectivity index (χ0n) is 10.3. The number of nitrogen functional groups attached to an aromatic ring is 1. The monoisotopic (exact) mass is 401 g/mol. The second-order valence-corrected chi connectivity index (χ2v) is 5.97. The van der Waals surface area contributed by atoms with Gasteiger partial charge in [0.05, 0.1) is 21.1 Å². The van der Waals surface area contributed by atoms with E-state index in [-0.39, 0.29) is 5.82 Å². The summed E-state index contributed by atoms with van der Waals surface area (Å²) in [6.45, 7) is 0.460. The summed E-state index contributed by atoms with van der Waals surface area (Å²) in [4.78, 5) is 4.27. The molecule has 1 aromatic heterocycles. The van der Waals surface area contributed by atoms with E-state index in [9.17, 15) is 4.39 Å². The van der Waals surface area contributed by atoms with Crippen molar-refractivity contribution in [2.24, 2.45) is 0 Å². The maximum Gasteiger partial charge on any atom is 0.201 e. The fraction of sp³-hybridized carbons (Fsp3) is 0.0714. The number of fused-ring (bicyclic) bond motifs is 1. The van der Waals surface area contributed by atoms with Crippen LogP contribution in [0.15, 0.2) is 36.4 Å². The Morgan fingerprint density at radius 1 is 1.30 bits per heavy atom. The van der Waals surface area contributed by atoms with E-state index in [4.69, 9.17) is 17.3 Å². The van der Waals surface area contributed by atoms with Crippen molar-refractivity contribution in [3.05, 3.63) is 56.4 Å². The van der Waals surface area contributed by atoms with Crippen molar-refractivity contribution < 1.29 is 4.39 Å². The predicted molar refractivity (Wildman–Crippen MR) is 87.4 cm³/mol. The van der Waals surface area contributed by atoms with Gasteiger partial charge in [0.1, 0.15) is 5.82 Å². The molecule has 0 radical (unpaired) electrons. The molecule has 2 aromatic carbocycles. The Kier molecular flexibility index (Phi) is 3.55. The van der Waals surface area contributed by atoms with Crippen molar-refractivity contribution in [1.82, 2.24) is 9.55 Å². The second kappa shape index (κ2) is 5.21. The summed E-state index contributed by atoms with van der Waals surface area (Å²) < 4.78 is 16.0. The standard InChI is InChI=1S/C14H10ClFIN3/c15-9-4-2-1-3-8(9)7-20-13-5-10(16)11(17)6-12(13)19-14(20)18/h1-6H,7H2,(H2,18,19). The summed E-state index contributed by atoms with van der Waals surface area (Å²) in [7, 11) is 0. The van der Waals surface area contributed by atoms with Gasteiger partial charge in [0.2, 0.25) is 5.95 Å². The highest BCUT2D eigenvalue weighted by atomic mass is 127. The average Bonchev–Trinajstić information content (AvgIpc) is 2.69. The lowest BCUT2D eigenvalue weighted by atomic mass is 10.2. The van der Waals surface area contributed by atoms with Crippen molar-refractivity contribution >= 4 is 51.2 Å². The third-order valence-electron chi connectivity index (χ3n) is 3.11. The van der Waals surface area contributed by atoms with Gasteiger partial charge in [0, 0.05) is 11.1 Å². The van der Waals surface area contributed by atoms with Gasteiger partial charge in [-0.2, -0.15) is 0 Å². The molecule has 3 rings (SSSR count). The molecule has 0 saturated carbocycles. The van der Waals surface area contributed by atoms with Crippen LogP contribution in [0.1, 0.15) is 5.56 Å². The van der Waals surface area contributed by atoms with Crippen molar-refractivity contribution in [3.63, 3.8) is 0 Å². The molecule has 6 heteroatoms. The van der Waals surface area contributed by atoms with Crippen LogP contribution in [0.25, 0.3) is 11.0 Å². The average molecular weight is 402 g/mol. The van der Waals surface area contributed by atoms with E-state index < -0.39 is 0 Å². The van der Waals surface area contributed by atoms with E-state index in [1.54, 1.807) is 10.6 Å². The zero-order chi connectivity index (χ0) is 14.3. The smallest absolute Gasteiger partial charge is 0.201 e. The molecule has 0 aliphatic heterocycles. The minimum Gasteiger partial charge on any atom is -0.369 e. The van der Waals surface area contributed by atoms with Gasteiger partial charge in [-0.25, -0.2) is 9.37 Å². The molecule has 0 saturated heterocycles. The molecule has 0 aliphatic rings. The fourth-order valence-corrected chi connectivity index (χ4v) is 2.75. The number of rotatable bonds is 2. The SMILES string of the molecule is Nc1nc2cc(I)c(F)cc2n1Cc1ccccc1Cl. The molecule has 0 spiro atoms. The van der Waals surface area contributed by atoms with Crippen LogP contribution in [0.2, 0.25) is 5.02 Å². The van der Waals surface area contributed by atoms with Crippen LogP contribution in [-0.2, 0) is 6.54 Å². The highest BCUT2D eigenvalue weighted by molar-refractivity contribution is 14.1. The number of aromatic nitrogens is 2. The van der Waals surface area contributed by atoms with E-state index in [0.717, 1.165) is 5.56 Å². The number of anilines is 1. The third-order valence-corrected chi connectivity index (χ3v) is 4.30. The van der Waals surface area contributed by atoms with Gasteiger partial charge in [-0.05, 0) is 40.3 Å². The summed E-state index contributed by atoms with van der Waals surface area (Å²) in [5.74, 6) is 0.0692. The topological polar surface area (TPSA) is 43.8 Å². The Labute approximate surface area is 133 Å². The number of hydrogen-bond donors (Lipinski definition) is 1. The van der Waals surface area contributed by atoms with Crippen LogP contribution in [0.4, 0.5) is 10.3 Å². The van der Waals surface area contributed by atoms with Gasteiger partial charge in [0.25, 0.3) is 0 Å². The first-order valence-electron chi connectivity index (χ1n) is 5.90. The van der Waals surface area contributed by atoms with E-state index in [2.05, 4.69) is 4.98 Å². The molecule has 0 atom stereocenters. The van der Waals surface area contributed by atoms with Crippen LogP contribution in [0.3, 0.4) is 0 Å². The first-order chi connectivity index (χ1) is 9.56. The second-order valence-electron chi connectivity index (χ2n) is 4.40. The first kappa shape index (κ1) is 13.6. The summed E-state index contributed by atoms with van der Waals surface area (Å²) in [6, 6.07) is 10.6. The Bertz CT molecular complexity index is 800. The number of benzene rings is 2. The molecule has 1 heterocycles. The summed E-state index contributed by atoms with van der Waals surface area (Å²) in [5, 5.41) is 0.653. The molecular formula is C14H10ClFIN3. The predicted octanol–water partition coefficient (Wildman–Crippen LogP) is 4.06. The fourth-order valence-electron chi connectivity index (χ4n) is 2.10. The van der Waals surface area contributed by atoms with Crippen molar-refractivity contribution in [1.29, 1.82) is 0 Å². The highest BCUT2D eigenvalue weighted by Gasteiger charge is 2.12. The van der Waals surface area contributed by atoms with Crippen LogP contribution < -0.4 is 5.73 Å². The lowest BCUT2D eigenvalue weighted by Crippen LogP contribution is -2.05. The van der Waals surface area contributed by atoms with Gasteiger partial charge in [-0.1, -0.05) is 29.8 Å². The Balaban J connectivity index is 2.14. The van der Waals surface area contributed by atoms with E-state index in [1.807, 2.05) is 46.9 Å². The molecule has 0 amide bonds. The summed E-state index contributed by atoms with van der Waals surface area (Å²) in [5.41, 5.74) is 8.20. The van der Waals surface area contributed by atoms with E-state index in [1.165, 1.54) is 6.07 Å². The maximum atomic E-state index is 13.7. The number of hydrogen-bond acceptors (Lipinski definition) is 2. The van der Waals surface area contributed by atoms with Crippen LogP contribution >= 0.6 is 34.2 Å². The summed E-state index contributed by atoms with van der Waals surface area (Å²) in [6.07, 6.45) is 0. The van der Waals surface area contributed by atoms with Crippen molar-refractivity contribution in [2.45, 2.75) is 6.54 Å². The minimum absolute atomic E-state index is 0.279. The Morgan fingerprint density at radius 2 is 2.05 bits per heavy atom. The normalized spacial score (nSPS) is 11.2. The molecule has 0 unspecified atom stereocenters. The summed E-state index contributed by atoms with van der Waals surface area (Å²) >= 11 is 8.09. The van der Waals surface area contributed by atoms with Crippen LogP contribution in [0.5, 0.6) is 0 Å². The molecular weight excluding hydrogens is 392 g/mol. The van der Waals surface area contributed by atoms with Gasteiger partial charge in [0.15, 0.2) is 0 Å². The Morgan fingerprint density at radius 3 is 2.80 bits per heavy atom. The highest BCUT2D eigenvalue weighted by Crippen LogP contribution is 2.25. The third kappa shape index (κ3) is 2.35. The molecule has 0 fully saturated rings. The molecule has 20 heavy (non-hydrogen) atoms. The van der Waals surface area contributed by atoms with Crippen LogP contribution in [0, 0.1) is 9.39 Å². The first-order valence-corrected chi connectivity index (χ1v) is 7.36. The van der Waals surface area contributed by atoms with Gasteiger partial charge in [-0.15, -0.1) is 0 Å². The van der Waals surface area contributed by atoms with Gasteiger partial charge in [-0.3, -0.25) is 0 Å². The van der Waals surface area contributed by atoms with Gasteiger partial charge >= 0.3 is 0 Å². The quantitative estimate of drug-likeness (QED) is 0.658.